The van der Waals surface area contributed by atoms with Crippen LogP contribution in [0.1, 0.15) is 33.3 Å². The van der Waals surface area contributed by atoms with Crippen molar-refractivity contribution in [1.82, 2.24) is 4.98 Å². The molecule has 0 aliphatic rings. The van der Waals surface area contributed by atoms with E-state index >= 15 is 0 Å². The zero-order valence-electron chi connectivity index (χ0n) is 23.4. The second-order valence-electron chi connectivity index (χ2n) is 9.76. The fraction of sp³-hybridized carbons (Fsp3) is 0.0857. The van der Waals surface area contributed by atoms with E-state index in [0.29, 0.717) is 38.1 Å². The highest BCUT2D eigenvalue weighted by atomic mass is 35.5. The van der Waals surface area contributed by atoms with E-state index in [2.05, 4.69) is 11.4 Å². The maximum Gasteiger partial charge on any atom is 0.237 e. The normalized spacial score (nSPS) is 11.7. The number of benzene rings is 3. The first-order valence-electron chi connectivity index (χ1n) is 13.4. The zero-order chi connectivity index (χ0) is 30.3. The summed E-state index contributed by atoms with van der Waals surface area (Å²) in [5.41, 5.74) is 5.77. The summed E-state index contributed by atoms with van der Waals surface area (Å²) in [5, 5.41) is 15.6. The first-order chi connectivity index (χ1) is 20.8. The largest absolute Gasteiger partial charge is 0.325 e. The van der Waals surface area contributed by atoms with Crippen molar-refractivity contribution in [2.24, 2.45) is 0 Å². The molecule has 212 valence electrons. The van der Waals surface area contributed by atoms with Crippen molar-refractivity contribution in [3.63, 3.8) is 0 Å². The number of halogens is 1. The van der Waals surface area contributed by atoms with Crippen molar-refractivity contribution in [3.8, 4) is 28.5 Å². The first kappa shape index (κ1) is 30.0. The van der Waals surface area contributed by atoms with Crippen LogP contribution in [0.15, 0.2) is 107 Å². The summed E-state index contributed by atoms with van der Waals surface area (Å²) in [6.07, 6.45) is 3.33. The monoisotopic (exact) mass is 619 g/mol. The third kappa shape index (κ3) is 7.49. The lowest BCUT2D eigenvalue weighted by molar-refractivity contribution is -0.115. The van der Waals surface area contributed by atoms with Crippen molar-refractivity contribution in [2.45, 2.75) is 24.1 Å². The van der Waals surface area contributed by atoms with Gasteiger partial charge in [-0.25, -0.2) is 4.98 Å². The van der Waals surface area contributed by atoms with Crippen LogP contribution in [0.4, 0.5) is 5.69 Å². The zero-order valence-corrected chi connectivity index (χ0v) is 25.8. The molecule has 0 spiro atoms. The molecule has 3 aromatic carbocycles. The van der Waals surface area contributed by atoms with Gasteiger partial charge in [-0.1, -0.05) is 71.4 Å². The van der Waals surface area contributed by atoms with Crippen molar-refractivity contribution in [1.29, 1.82) is 5.26 Å². The van der Waals surface area contributed by atoms with E-state index in [1.807, 2.05) is 66.9 Å². The summed E-state index contributed by atoms with van der Waals surface area (Å²) in [6.45, 7) is 3.79. The highest BCUT2D eigenvalue weighted by Gasteiger charge is 2.22. The van der Waals surface area contributed by atoms with Gasteiger partial charge in [0.25, 0.3) is 0 Å². The predicted molar refractivity (Wildman–Crippen MR) is 178 cm³/mol. The molecule has 1 N–H and O–H groups in total. The van der Waals surface area contributed by atoms with E-state index in [4.69, 9.17) is 16.6 Å². The molecular weight excluding hydrogens is 594 g/mol. The second kappa shape index (κ2) is 13.7. The number of aromatic nitrogens is 1. The minimum absolute atomic E-state index is 0.116. The maximum absolute atomic E-state index is 13.2. The highest BCUT2D eigenvalue weighted by molar-refractivity contribution is 8.00. The van der Waals surface area contributed by atoms with Gasteiger partial charge in [0.15, 0.2) is 5.78 Å². The van der Waals surface area contributed by atoms with Crippen LogP contribution < -0.4 is 5.32 Å². The second-order valence-corrected chi connectivity index (χ2v) is 12.5. The Morgan fingerprint density at radius 3 is 2.35 bits per heavy atom. The van der Waals surface area contributed by atoms with E-state index in [1.54, 1.807) is 66.8 Å². The summed E-state index contributed by atoms with van der Waals surface area (Å²) in [5.74, 6) is -0.364. The van der Waals surface area contributed by atoms with Crippen molar-refractivity contribution < 1.29 is 9.59 Å². The van der Waals surface area contributed by atoms with Crippen LogP contribution in [0.5, 0.6) is 0 Å². The number of nitrogens with one attached hydrogen (secondary N) is 1. The number of hydrogen-bond donors (Lipinski definition) is 1. The van der Waals surface area contributed by atoms with Gasteiger partial charge >= 0.3 is 0 Å². The molecule has 0 aliphatic carbocycles. The van der Waals surface area contributed by atoms with Gasteiger partial charge in [0.1, 0.15) is 11.1 Å². The molecule has 8 heteroatoms. The number of amides is 1. The van der Waals surface area contributed by atoms with Crippen molar-refractivity contribution >= 4 is 58.2 Å². The fourth-order valence-electron chi connectivity index (χ4n) is 4.27. The number of pyridine rings is 1. The van der Waals surface area contributed by atoms with E-state index in [9.17, 15) is 14.9 Å². The third-order valence-corrected chi connectivity index (χ3v) is 8.81. The molecule has 1 amide bonds. The number of thiophene rings is 1. The smallest absolute Gasteiger partial charge is 0.237 e. The van der Waals surface area contributed by atoms with E-state index in [1.165, 1.54) is 11.8 Å². The number of aryl methyl sites for hydroxylation is 1. The Bertz CT molecular complexity index is 1830. The molecule has 5 rings (SSSR count). The Hall–Kier alpha value is -4.48. The number of carbonyl (C=O) groups excluding carboxylic acids is 2. The average Bonchev–Trinajstić information content (AvgIpc) is 3.54. The Balaban J connectivity index is 1.37. The Kier molecular flexibility index (Phi) is 9.53. The minimum Gasteiger partial charge on any atom is -0.325 e. The van der Waals surface area contributed by atoms with Crippen LogP contribution in [0.3, 0.4) is 0 Å². The topological polar surface area (TPSA) is 82.9 Å². The van der Waals surface area contributed by atoms with Crippen molar-refractivity contribution in [3.05, 3.63) is 129 Å². The number of thioether (sulfide) groups is 1. The summed E-state index contributed by atoms with van der Waals surface area (Å²) in [4.78, 5) is 31.6. The molecule has 0 radical (unpaired) electrons. The van der Waals surface area contributed by atoms with E-state index in [0.717, 1.165) is 21.6 Å². The first-order valence-corrected chi connectivity index (χ1v) is 15.6. The molecular formula is C35H26ClN3O2S2. The fourth-order valence-corrected chi connectivity index (χ4v) is 5.94. The molecule has 2 aromatic heterocycles. The quantitative estimate of drug-likeness (QED) is 0.101. The number of nitrogens with zero attached hydrogens (tertiary/aromatic N) is 2. The SMILES string of the molecule is Cc1ccc(-c2cc(-c3ccc(Cl)cc3)c(C#N)c(SC(C)C(=O)Nc3ccc(C(=O)C=Cc4cccs4)cc3)n2)cc1. The summed E-state index contributed by atoms with van der Waals surface area (Å²) < 4.78 is 0. The standard InChI is InChI=1S/C35H26ClN3O2S2/c1-22-5-7-25(8-6-22)32-20-30(24-9-13-27(36)14-10-24)31(21-37)35(39-32)43-23(2)34(41)38-28-15-11-26(12-16-28)33(40)18-17-29-4-3-19-42-29/h3-20,23H,1-2H3,(H,38,41). The number of rotatable bonds is 9. The number of hydrogen-bond acceptors (Lipinski definition) is 6. The number of carbonyl (C=O) groups is 2. The molecule has 0 saturated carbocycles. The van der Waals surface area contributed by atoms with Gasteiger partial charge in [-0.3, -0.25) is 9.59 Å². The van der Waals surface area contributed by atoms with Gasteiger partial charge in [0.2, 0.25) is 5.91 Å². The molecule has 0 aliphatic heterocycles. The number of allylic oxidation sites excluding steroid dienone is 1. The lowest BCUT2D eigenvalue weighted by Crippen LogP contribution is -2.22. The molecule has 1 atom stereocenters. The number of anilines is 1. The van der Waals surface area contributed by atoms with E-state index in [-0.39, 0.29) is 11.7 Å². The predicted octanol–water partition coefficient (Wildman–Crippen LogP) is 9.33. The molecule has 0 fully saturated rings. The number of ketones is 1. The lowest BCUT2D eigenvalue weighted by Gasteiger charge is -2.16. The van der Waals surface area contributed by atoms with Crippen LogP contribution in [0.25, 0.3) is 28.5 Å². The molecule has 5 nitrogen and oxygen atoms in total. The van der Waals surface area contributed by atoms with Gasteiger partial charge in [0.05, 0.1) is 16.5 Å². The van der Waals surface area contributed by atoms with Crippen LogP contribution in [0.2, 0.25) is 5.02 Å². The molecule has 43 heavy (non-hydrogen) atoms. The maximum atomic E-state index is 13.2. The molecule has 5 aromatic rings. The summed E-state index contributed by atoms with van der Waals surface area (Å²) >= 11 is 8.91. The van der Waals surface area contributed by atoms with Gasteiger partial charge in [-0.05, 0) is 85.5 Å². The van der Waals surface area contributed by atoms with Crippen LogP contribution >= 0.6 is 34.7 Å². The van der Waals surface area contributed by atoms with Crippen LogP contribution in [-0.2, 0) is 4.79 Å². The van der Waals surface area contributed by atoms with Gasteiger partial charge < -0.3 is 5.32 Å². The van der Waals surface area contributed by atoms with Crippen LogP contribution in [-0.4, -0.2) is 21.9 Å². The van der Waals surface area contributed by atoms with Gasteiger partial charge in [-0.2, -0.15) is 5.26 Å². The van der Waals surface area contributed by atoms with E-state index < -0.39 is 5.25 Å². The van der Waals surface area contributed by atoms with Crippen LogP contribution in [0, 0.1) is 18.3 Å². The summed E-state index contributed by atoms with van der Waals surface area (Å²) in [7, 11) is 0. The molecule has 2 heterocycles. The molecule has 0 bridgehead atoms. The number of nitriles is 1. The Labute approximate surface area is 263 Å². The lowest BCUT2D eigenvalue weighted by atomic mass is 9.99. The molecule has 1 unspecified atom stereocenters. The average molecular weight is 620 g/mol. The minimum atomic E-state index is -0.569. The molecule has 0 saturated heterocycles. The van der Waals surface area contributed by atoms with Crippen molar-refractivity contribution in [2.75, 3.05) is 5.32 Å². The summed E-state index contributed by atoms with van der Waals surface area (Å²) in [6, 6.07) is 30.2. The Morgan fingerprint density at radius 2 is 1.70 bits per heavy atom. The third-order valence-electron chi connectivity index (χ3n) is 6.64. The van der Waals surface area contributed by atoms with Gasteiger partial charge in [0, 0.05) is 32.3 Å². The highest BCUT2D eigenvalue weighted by Crippen LogP contribution is 2.36. The van der Waals surface area contributed by atoms with Gasteiger partial charge in [-0.15, -0.1) is 11.3 Å². The Morgan fingerprint density at radius 1 is 1.00 bits per heavy atom.